The smallest absolute Gasteiger partial charge is 0.227 e. The van der Waals surface area contributed by atoms with E-state index in [0.29, 0.717) is 12.5 Å². The molecule has 28 heavy (non-hydrogen) atoms. The molecule has 0 spiro atoms. The average Bonchev–Trinajstić information content (AvgIpc) is 2.75. The highest BCUT2D eigenvalue weighted by Gasteiger charge is 2.22. The van der Waals surface area contributed by atoms with Crippen LogP contribution in [0.2, 0.25) is 0 Å². The van der Waals surface area contributed by atoms with Crippen molar-refractivity contribution in [3.8, 4) is 22.4 Å². The van der Waals surface area contributed by atoms with Crippen LogP contribution < -0.4 is 0 Å². The van der Waals surface area contributed by atoms with Gasteiger partial charge in [0, 0.05) is 29.9 Å². The maximum Gasteiger partial charge on any atom is 0.227 e. The monoisotopic (exact) mass is 370 g/mol. The Morgan fingerprint density at radius 3 is 2.36 bits per heavy atom. The van der Waals surface area contributed by atoms with Gasteiger partial charge in [-0.3, -0.25) is 9.78 Å². The first-order valence-electron chi connectivity index (χ1n) is 10.1. The highest BCUT2D eigenvalue weighted by molar-refractivity contribution is 5.79. The summed E-state index contributed by atoms with van der Waals surface area (Å²) in [7, 11) is 0. The SMILES string of the molecule is C[C@H]1CCCCN1C(=O)Cc1ccc(-c2ccc(-c3ccccc3)nc2)cc1. The molecule has 1 aliphatic rings. The molecule has 0 bridgehead atoms. The van der Waals surface area contributed by atoms with Crippen LogP contribution in [-0.2, 0) is 11.2 Å². The van der Waals surface area contributed by atoms with Crippen LogP contribution in [0.3, 0.4) is 0 Å². The Hall–Kier alpha value is -2.94. The molecule has 3 aromatic rings. The molecule has 3 nitrogen and oxygen atoms in total. The van der Waals surface area contributed by atoms with E-state index in [-0.39, 0.29) is 5.91 Å². The zero-order chi connectivity index (χ0) is 19.3. The van der Waals surface area contributed by atoms with Crippen LogP contribution in [0, 0.1) is 0 Å². The number of nitrogens with zero attached hydrogens (tertiary/aromatic N) is 2. The minimum atomic E-state index is 0.244. The van der Waals surface area contributed by atoms with Crippen LogP contribution in [0.1, 0.15) is 31.7 Å². The van der Waals surface area contributed by atoms with E-state index in [4.69, 9.17) is 0 Å². The summed E-state index contributed by atoms with van der Waals surface area (Å²) in [4.78, 5) is 19.3. The molecule has 4 rings (SSSR count). The van der Waals surface area contributed by atoms with Gasteiger partial charge in [0.05, 0.1) is 12.1 Å². The Kier molecular flexibility index (Phi) is 5.52. The van der Waals surface area contributed by atoms with Crippen LogP contribution in [0.15, 0.2) is 72.9 Å². The number of amides is 1. The van der Waals surface area contributed by atoms with Gasteiger partial charge in [-0.2, -0.15) is 0 Å². The zero-order valence-electron chi connectivity index (χ0n) is 16.3. The van der Waals surface area contributed by atoms with E-state index in [0.717, 1.165) is 47.3 Å². The third-order valence-electron chi connectivity index (χ3n) is 5.60. The second kappa shape index (κ2) is 8.39. The van der Waals surface area contributed by atoms with Crippen molar-refractivity contribution in [1.82, 2.24) is 9.88 Å². The highest BCUT2D eigenvalue weighted by atomic mass is 16.2. The van der Waals surface area contributed by atoms with E-state index < -0.39 is 0 Å². The molecule has 0 N–H and O–H groups in total. The summed E-state index contributed by atoms with van der Waals surface area (Å²) < 4.78 is 0. The summed E-state index contributed by atoms with van der Waals surface area (Å²) in [5.41, 5.74) is 5.37. The van der Waals surface area contributed by atoms with Crippen molar-refractivity contribution in [2.24, 2.45) is 0 Å². The van der Waals surface area contributed by atoms with Crippen molar-refractivity contribution in [1.29, 1.82) is 0 Å². The number of benzene rings is 2. The highest BCUT2D eigenvalue weighted by Crippen LogP contribution is 2.23. The maximum atomic E-state index is 12.6. The molecule has 0 unspecified atom stereocenters. The van der Waals surface area contributed by atoms with Crippen LogP contribution >= 0.6 is 0 Å². The fourth-order valence-corrected chi connectivity index (χ4v) is 3.90. The largest absolute Gasteiger partial charge is 0.340 e. The van der Waals surface area contributed by atoms with E-state index in [1.165, 1.54) is 6.42 Å². The molecule has 2 aromatic carbocycles. The Bertz CT molecular complexity index is 917. The van der Waals surface area contributed by atoms with E-state index in [9.17, 15) is 4.79 Å². The summed E-state index contributed by atoms with van der Waals surface area (Å²) in [6.07, 6.45) is 5.88. The van der Waals surface area contributed by atoms with Gasteiger partial charge in [-0.25, -0.2) is 0 Å². The molecule has 0 radical (unpaired) electrons. The van der Waals surface area contributed by atoms with Gasteiger partial charge in [0.2, 0.25) is 5.91 Å². The molecule has 3 heteroatoms. The fourth-order valence-electron chi connectivity index (χ4n) is 3.90. The molecule has 0 saturated carbocycles. The topological polar surface area (TPSA) is 33.2 Å². The number of piperidine rings is 1. The molecule has 142 valence electrons. The first-order valence-corrected chi connectivity index (χ1v) is 10.1. The van der Waals surface area contributed by atoms with Gasteiger partial charge in [0.15, 0.2) is 0 Å². The molecule has 1 aromatic heterocycles. The average molecular weight is 370 g/mol. The van der Waals surface area contributed by atoms with E-state index in [2.05, 4.69) is 60.4 Å². The standard InChI is InChI=1S/C25H26N2O/c1-19-7-5-6-16-27(19)25(28)17-20-10-12-21(13-11-20)23-14-15-24(26-18-23)22-8-3-2-4-9-22/h2-4,8-15,18-19H,5-7,16-17H2,1H3/t19-/m0/s1. The first-order chi connectivity index (χ1) is 13.7. The number of carbonyl (C=O) groups is 1. The predicted octanol–water partition coefficient (Wildman–Crippen LogP) is 5.36. The Labute approximate surface area is 167 Å². The van der Waals surface area contributed by atoms with Gasteiger partial charge in [-0.05, 0) is 43.4 Å². The number of carbonyl (C=O) groups excluding carboxylic acids is 1. The van der Waals surface area contributed by atoms with E-state index >= 15 is 0 Å². The van der Waals surface area contributed by atoms with Gasteiger partial charge in [-0.15, -0.1) is 0 Å². The maximum absolute atomic E-state index is 12.6. The van der Waals surface area contributed by atoms with Crippen LogP contribution in [0.25, 0.3) is 22.4 Å². The number of pyridine rings is 1. The molecule has 1 atom stereocenters. The summed E-state index contributed by atoms with van der Waals surface area (Å²) in [6, 6.07) is 23.0. The zero-order valence-corrected chi connectivity index (χ0v) is 16.3. The molecular formula is C25H26N2O. The third kappa shape index (κ3) is 4.14. The van der Waals surface area contributed by atoms with Gasteiger partial charge < -0.3 is 4.90 Å². The Morgan fingerprint density at radius 2 is 1.68 bits per heavy atom. The number of hydrogen-bond acceptors (Lipinski definition) is 2. The number of hydrogen-bond donors (Lipinski definition) is 0. The lowest BCUT2D eigenvalue weighted by molar-refractivity contribution is -0.133. The summed E-state index contributed by atoms with van der Waals surface area (Å²) in [5.74, 6) is 0.244. The van der Waals surface area contributed by atoms with Crippen molar-refractivity contribution in [3.05, 3.63) is 78.5 Å². The summed E-state index contributed by atoms with van der Waals surface area (Å²) in [6.45, 7) is 3.06. The second-order valence-corrected chi connectivity index (χ2v) is 7.60. The Morgan fingerprint density at radius 1 is 0.929 bits per heavy atom. The van der Waals surface area contributed by atoms with Gasteiger partial charge in [0.25, 0.3) is 0 Å². The normalized spacial score (nSPS) is 16.8. The van der Waals surface area contributed by atoms with Crippen molar-refractivity contribution in [2.45, 2.75) is 38.6 Å². The number of likely N-dealkylation sites (tertiary alicyclic amines) is 1. The predicted molar refractivity (Wildman–Crippen MR) is 114 cm³/mol. The lowest BCUT2D eigenvalue weighted by atomic mass is 10.0. The molecule has 1 saturated heterocycles. The minimum Gasteiger partial charge on any atom is -0.340 e. The fraction of sp³-hybridized carbons (Fsp3) is 0.280. The van der Waals surface area contributed by atoms with Crippen LogP contribution in [-0.4, -0.2) is 28.4 Å². The van der Waals surface area contributed by atoms with E-state index in [1.807, 2.05) is 29.3 Å². The van der Waals surface area contributed by atoms with Crippen LogP contribution in [0.5, 0.6) is 0 Å². The second-order valence-electron chi connectivity index (χ2n) is 7.60. The van der Waals surface area contributed by atoms with Crippen molar-refractivity contribution < 1.29 is 4.79 Å². The minimum absolute atomic E-state index is 0.244. The molecule has 2 heterocycles. The quantitative estimate of drug-likeness (QED) is 0.619. The number of rotatable bonds is 4. The van der Waals surface area contributed by atoms with Crippen molar-refractivity contribution >= 4 is 5.91 Å². The molecule has 1 fully saturated rings. The number of aromatic nitrogens is 1. The molecular weight excluding hydrogens is 344 g/mol. The van der Waals surface area contributed by atoms with Crippen LogP contribution in [0.4, 0.5) is 0 Å². The summed E-state index contributed by atoms with van der Waals surface area (Å²) >= 11 is 0. The molecule has 1 amide bonds. The third-order valence-corrected chi connectivity index (χ3v) is 5.60. The Balaban J connectivity index is 1.43. The van der Waals surface area contributed by atoms with Gasteiger partial charge in [0.1, 0.15) is 0 Å². The lowest BCUT2D eigenvalue weighted by Gasteiger charge is -2.33. The lowest BCUT2D eigenvalue weighted by Crippen LogP contribution is -2.42. The van der Waals surface area contributed by atoms with Gasteiger partial charge >= 0.3 is 0 Å². The summed E-state index contributed by atoms with van der Waals surface area (Å²) in [5, 5.41) is 0. The molecule has 1 aliphatic heterocycles. The van der Waals surface area contributed by atoms with Crippen molar-refractivity contribution in [2.75, 3.05) is 6.54 Å². The van der Waals surface area contributed by atoms with Crippen molar-refractivity contribution in [3.63, 3.8) is 0 Å². The van der Waals surface area contributed by atoms with E-state index in [1.54, 1.807) is 0 Å². The first kappa shape index (κ1) is 18.4. The molecule has 0 aliphatic carbocycles. The van der Waals surface area contributed by atoms with Gasteiger partial charge in [-0.1, -0.05) is 60.7 Å².